The molecule has 2 amide bonds. The molecule has 0 saturated carbocycles. The van der Waals surface area contributed by atoms with Crippen molar-refractivity contribution in [3.63, 3.8) is 0 Å². The number of amides is 2. The van der Waals surface area contributed by atoms with Gasteiger partial charge in [0.1, 0.15) is 0 Å². The van der Waals surface area contributed by atoms with E-state index in [1.54, 1.807) is 29.1 Å². The molecular formula is C9H8N4O2S. The highest BCUT2D eigenvalue weighted by Crippen LogP contribution is 2.21. The van der Waals surface area contributed by atoms with Crippen LogP contribution in [0.1, 0.15) is 0 Å². The number of anilines is 1. The van der Waals surface area contributed by atoms with E-state index in [2.05, 4.69) is 10.3 Å². The molecule has 7 heteroatoms. The van der Waals surface area contributed by atoms with Crippen LogP contribution in [0.4, 0.5) is 5.69 Å². The van der Waals surface area contributed by atoms with Gasteiger partial charge in [0.2, 0.25) is 0 Å². The molecule has 2 rings (SSSR count). The predicted molar refractivity (Wildman–Crippen MR) is 60.6 cm³/mol. The lowest BCUT2D eigenvalue weighted by molar-refractivity contribution is -0.136. The minimum Gasteiger partial charge on any atom is -0.318 e. The number of nitrogens with one attached hydrogen (secondary N) is 2. The van der Waals surface area contributed by atoms with Gasteiger partial charge in [-0.15, -0.1) is 11.3 Å². The van der Waals surface area contributed by atoms with E-state index < -0.39 is 11.8 Å². The summed E-state index contributed by atoms with van der Waals surface area (Å²) in [6.07, 6.45) is 0. The minimum atomic E-state index is -0.885. The fraction of sp³-hybridized carbons (Fsp3) is 0. The Balaban J connectivity index is 2.21. The Hall–Kier alpha value is -1.99. The average Bonchev–Trinajstić information content (AvgIpc) is 2.75. The molecule has 1 heterocycles. The third-order valence-electron chi connectivity index (χ3n) is 1.93. The van der Waals surface area contributed by atoms with Gasteiger partial charge in [-0.05, 0) is 18.2 Å². The van der Waals surface area contributed by atoms with E-state index in [-0.39, 0.29) is 0 Å². The summed E-state index contributed by atoms with van der Waals surface area (Å²) in [5.74, 6) is 3.15. The molecule has 6 nitrogen and oxygen atoms in total. The van der Waals surface area contributed by atoms with Crippen LogP contribution in [0.2, 0.25) is 0 Å². The van der Waals surface area contributed by atoms with Gasteiger partial charge in [0.15, 0.2) is 0 Å². The smallest absolute Gasteiger partial charge is 0.318 e. The van der Waals surface area contributed by atoms with Crippen molar-refractivity contribution < 1.29 is 9.59 Å². The molecular weight excluding hydrogens is 228 g/mol. The van der Waals surface area contributed by atoms with Gasteiger partial charge < -0.3 is 5.32 Å². The SMILES string of the molecule is NNC(=O)C(=O)Nc1ccc2ncsc2c1. The van der Waals surface area contributed by atoms with E-state index in [9.17, 15) is 9.59 Å². The Morgan fingerprint density at radius 2 is 2.12 bits per heavy atom. The van der Waals surface area contributed by atoms with Gasteiger partial charge in [0.25, 0.3) is 0 Å². The molecule has 1 aromatic heterocycles. The average molecular weight is 236 g/mol. The molecule has 0 bridgehead atoms. The summed E-state index contributed by atoms with van der Waals surface area (Å²) in [5, 5.41) is 2.42. The summed E-state index contributed by atoms with van der Waals surface area (Å²) in [5.41, 5.74) is 4.85. The van der Waals surface area contributed by atoms with Crippen LogP contribution in [-0.4, -0.2) is 16.8 Å². The number of carbonyl (C=O) groups excluding carboxylic acids is 2. The van der Waals surface area contributed by atoms with Crippen LogP contribution in [-0.2, 0) is 9.59 Å². The first-order chi connectivity index (χ1) is 7.70. The highest BCUT2D eigenvalue weighted by atomic mass is 32.1. The van der Waals surface area contributed by atoms with Crippen LogP contribution in [0.15, 0.2) is 23.7 Å². The van der Waals surface area contributed by atoms with Gasteiger partial charge >= 0.3 is 11.8 Å². The lowest BCUT2D eigenvalue weighted by Gasteiger charge is -2.03. The second kappa shape index (κ2) is 4.25. The van der Waals surface area contributed by atoms with Gasteiger partial charge in [-0.25, -0.2) is 10.8 Å². The van der Waals surface area contributed by atoms with Crippen LogP contribution < -0.4 is 16.6 Å². The van der Waals surface area contributed by atoms with Crippen LogP contribution >= 0.6 is 11.3 Å². The molecule has 4 N–H and O–H groups in total. The highest BCUT2D eigenvalue weighted by molar-refractivity contribution is 7.16. The summed E-state index contributed by atoms with van der Waals surface area (Å²) in [6.45, 7) is 0. The quantitative estimate of drug-likeness (QED) is 0.285. The molecule has 0 aliphatic carbocycles. The Bertz CT molecular complexity index is 551. The van der Waals surface area contributed by atoms with Crippen molar-refractivity contribution in [3.05, 3.63) is 23.7 Å². The topological polar surface area (TPSA) is 97.1 Å². The zero-order valence-corrected chi connectivity index (χ0v) is 8.88. The number of hydrogen-bond acceptors (Lipinski definition) is 5. The largest absolute Gasteiger partial charge is 0.323 e. The fourth-order valence-electron chi connectivity index (χ4n) is 1.19. The summed E-state index contributed by atoms with van der Waals surface area (Å²) in [6, 6.07) is 5.18. The molecule has 0 aliphatic heterocycles. The normalized spacial score (nSPS) is 10.1. The predicted octanol–water partition coefficient (Wildman–Crippen LogP) is 0.225. The van der Waals surface area contributed by atoms with Crippen molar-refractivity contribution in [1.29, 1.82) is 0 Å². The summed E-state index contributed by atoms with van der Waals surface area (Å²) >= 11 is 1.46. The maximum absolute atomic E-state index is 11.2. The van der Waals surface area contributed by atoms with E-state index in [1.165, 1.54) is 11.3 Å². The maximum atomic E-state index is 11.2. The van der Waals surface area contributed by atoms with Crippen molar-refractivity contribution in [2.75, 3.05) is 5.32 Å². The third-order valence-corrected chi connectivity index (χ3v) is 2.72. The number of benzene rings is 1. The summed E-state index contributed by atoms with van der Waals surface area (Å²) in [4.78, 5) is 26.2. The Labute approximate surface area is 94.4 Å². The first-order valence-corrected chi connectivity index (χ1v) is 5.24. The van der Waals surface area contributed by atoms with Crippen molar-refractivity contribution >= 4 is 39.1 Å². The molecule has 16 heavy (non-hydrogen) atoms. The molecule has 0 radical (unpaired) electrons. The zero-order valence-electron chi connectivity index (χ0n) is 8.06. The molecule has 0 fully saturated rings. The third kappa shape index (κ3) is 2.00. The first kappa shape index (κ1) is 10.5. The number of hydrazine groups is 1. The molecule has 0 atom stereocenters. The first-order valence-electron chi connectivity index (χ1n) is 4.36. The minimum absolute atomic E-state index is 0.533. The number of nitrogens with zero attached hydrogens (tertiary/aromatic N) is 1. The number of carbonyl (C=O) groups is 2. The van der Waals surface area contributed by atoms with E-state index in [4.69, 9.17) is 5.84 Å². The van der Waals surface area contributed by atoms with Gasteiger partial charge in [0, 0.05) is 5.69 Å². The van der Waals surface area contributed by atoms with Crippen LogP contribution in [0.25, 0.3) is 10.2 Å². The summed E-state index contributed by atoms with van der Waals surface area (Å²) in [7, 11) is 0. The number of fused-ring (bicyclic) bond motifs is 1. The lowest BCUT2D eigenvalue weighted by Crippen LogP contribution is -2.39. The van der Waals surface area contributed by atoms with E-state index in [0.717, 1.165) is 10.2 Å². The van der Waals surface area contributed by atoms with Gasteiger partial charge in [-0.1, -0.05) is 0 Å². The lowest BCUT2D eigenvalue weighted by atomic mass is 10.3. The second-order valence-electron chi connectivity index (χ2n) is 2.96. The number of thiazole rings is 1. The number of hydrogen-bond donors (Lipinski definition) is 3. The standard InChI is InChI=1S/C9H8N4O2S/c10-13-9(15)8(14)12-5-1-2-6-7(3-5)16-4-11-6/h1-4H,10H2,(H,12,14)(H,13,15). The number of rotatable bonds is 1. The molecule has 0 unspecified atom stereocenters. The number of nitrogens with two attached hydrogens (primary N) is 1. The van der Waals surface area contributed by atoms with Gasteiger partial charge in [-0.3, -0.25) is 15.0 Å². The van der Waals surface area contributed by atoms with Crippen molar-refractivity contribution in [2.45, 2.75) is 0 Å². The van der Waals surface area contributed by atoms with Crippen molar-refractivity contribution in [2.24, 2.45) is 5.84 Å². The molecule has 2 aromatic rings. The van der Waals surface area contributed by atoms with Crippen LogP contribution in [0.3, 0.4) is 0 Å². The summed E-state index contributed by atoms with van der Waals surface area (Å²) < 4.78 is 0.936. The Kier molecular flexibility index (Phi) is 2.80. The van der Waals surface area contributed by atoms with Gasteiger partial charge in [-0.2, -0.15) is 0 Å². The molecule has 1 aromatic carbocycles. The monoisotopic (exact) mass is 236 g/mol. The zero-order chi connectivity index (χ0) is 11.5. The molecule has 0 aliphatic rings. The Morgan fingerprint density at radius 1 is 1.31 bits per heavy atom. The highest BCUT2D eigenvalue weighted by Gasteiger charge is 2.11. The second-order valence-corrected chi connectivity index (χ2v) is 3.85. The van der Waals surface area contributed by atoms with E-state index in [1.807, 2.05) is 0 Å². The molecule has 82 valence electrons. The fourth-order valence-corrected chi connectivity index (χ4v) is 1.90. The molecule has 0 spiro atoms. The number of aromatic nitrogens is 1. The van der Waals surface area contributed by atoms with Crippen molar-refractivity contribution in [1.82, 2.24) is 10.4 Å². The van der Waals surface area contributed by atoms with Crippen molar-refractivity contribution in [3.8, 4) is 0 Å². The maximum Gasteiger partial charge on any atom is 0.323 e. The van der Waals surface area contributed by atoms with Gasteiger partial charge in [0.05, 0.1) is 15.7 Å². The van der Waals surface area contributed by atoms with E-state index >= 15 is 0 Å². The molecule has 0 saturated heterocycles. The van der Waals surface area contributed by atoms with Crippen LogP contribution in [0, 0.1) is 0 Å². The Morgan fingerprint density at radius 3 is 2.88 bits per heavy atom. The van der Waals surface area contributed by atoms with E-state index in [0.29, 0.717) is 5.69 Å². The van der Waals surface area contributed by atoms with Crippen LogP contribution in [0.5, 0.6) is 0 Å².